The highest BCUT2D eigenvalue weighted by molar-refractivity contribution is 5.21. The Morgan fingerprint density at radius 2 is 2.00 bits per heavy atom. The fourth-order valence-corrected chi connectivity index (χ4v) is 1.66. The van der Waals surface area contributed by atoms with Gasteiger partial charge in [-0.15, -0.1) is 0 Å². The topological polar surface area (TPSA) is 52.6 Å². The van der Waals surface area contributed by atoms with Crippen LogP contribution in [-0.4, -0.2) is 45.1 Å². The van der Waals surface area contributed by atoms with Crippen LogP contribution in [-0.2, 0) is 9.47 Å². The number of nitrogens with one attached hydrogen (secondary N) is 1. The van der Waals surface area contributed by atoms with Crippen molar-refractivity contribution in [2.75, 3.05) is 40.1 Å². The molecule has 1 rings (SSSR count). The summed E-state index contributed by atoms with van der Waals surface area (Å²) in [7, 11) is 1.66. The van der Waals surface area contributed by atoms with Crippen LogP contribution in [0.15, 0.2) is 18.3 Å². The first-order chi connectivity index (χ1) is 9.77. The minimum absolute atomic E-state index is 0.265. The van der Waals surface area contributed by atoms with E-state index in [2.05, 4.69) is 24.1 Å². The maximum atomic E-state index is 5.55. The van der Waals surface area contributed by atoms with Crippen molar-refractivity contribution in [2.24, 2.45) is 0 Å². The van der Waals surface area contributed by atoms with E-state index in [-0.39, 0.29) is 6.04 Å². The number of aromatic nitrogens is 1. The maximum absolute atomic E-state index is 5.55. The Balaban J connectivity index is 2.24. The first-order valence-electron chi connectivity index (χ1n) is 7.16. The molecule has 0 fully saturated rings. The Morgan fingerprint density at radius 3 is 2.65 bits per heavy atom. The van der Waals surface area contributed by atoms with Gasteiger partial charge in [0, 0.05) is 13.2 Å². The normalized spacial score (nSPS) is 12.3. The van der Waals surface area contributed by atoms with Crippen LogP contribution in [0.5, 0.6) is 5.75 Å². The smallest absolute Gasteiger partial charge is 0.137 e. The highest BCUT2D eigenvalue weighted by Crippen LogP contribution is 2.14. The number of methoxy groups -OCH3 is 1. The number of pyridine rings is 1. The third kappa shape index (κ3) is 6.84. The molecule has 1 N–H and O–H groups in total. The van der Waals surface area contributed by atoms with Gasteiger partial charge in [-0.1, -0.05) is 6.92 Å². The van der Waals surface area contributed by atoms with Crippen molar-refractivity contribution >= 4 is 0 Å². The summed E-state index contributed by atoms with van der Waals surface area (Å²) in [4.78, 5) is 4.41. The lowest BCUT2D eigenvalue weighted by Gasteiger charge is -2.13. The molecule has 1 heterocycles. The molecule has 5 heteroatoms. The Morgan fingerprint density at radius 1 is 1.20 bits per heavy atom. The second-order valence-electron chi connectivity index (χ2n) is 4.55. The molecule has 0 aliphatic heterocycles. The van der Waals surface area contributed by atoms with Crippen LogP contribution < -0.4 is 10.1 Å². The van der Waals surface area contributed by atoms with Gasteiger partial charge in [-0.3, -0.25) is 4.98 Å². The molecular weight excluding hydrogens is 256 g/mol. The quantitative estimate of drug-likeness (QED) is 0.630. The summed E-state index contributed by atoms with van der Waals surface area (Å²) < 4.78 is 15.8. The average molecular weight is 282 g/mol. The summed E-state index contributed by atoms with van der Waals surface area (Å²) in [5.74, 6) is 0.770. The summed E-state index contributed by atoms with van der Waals surface area (Å²) in [5, 5.41) is 3.40. The van der Waals surface area contributed by atoms with Crippen LogP contribution in [0, 0.1) is 0 Å². The molecule has 0 spiro atoms. The lowest BCUT2D eigenvalue weighted by Crippen LogP contribution is -2.20. The third-order valence-electron chi connectivity index (χ3n) is 2.83. The molecule has 114 valence electrons. The van der Waals surface area contributed by atoms with Crippen molar-refractivity contribution in [3.8, 4) is 5.75 Å². The standard InChI is InChI=1S/C15H26N2O3/c1-4-7-16-13(2)15-6-5-14(12-17-15)20-11-10-19-9-8-18-3/h5-6,12-13,16H,4,7-11H2,1-3H3. The SMILES string of the molecule is CCCNC(C)c1ccc(OCCOCCOC)cn1. The number of hydrogen-bond donors (Lipinski definition) is 1. The van der Waals surface area contributed by atoms with Crippen molar-refractivity contribution in [3.63, 3.8) is 0 Å². The Hall–Kier alpha value is -1.17. The van der Waals surface area contributed by atoms with E-state index in [9.17, 15) is 0 Å². The van der Waals surface area contributed by atoms with E-state index in [0.29, 0.717) is 26.4 Å². The number of hydrogen-bond acceptors (Lipinski definition) is 5. The van der Waals surface area contributed by atoms with Crippen LogP contribution in [0.25, 0.3) is 0 Å². The minimum Gasteiger partial charge on any atom is -0.490 e. The van der Waals surface area contributed by atoms with E-state index in [1.165, 1.54) is 0 Å². The predicted molar refractivity (Wildman–Crippen MR) is 79.1 cm³/mol. The first-order valence-corrected chi connectivity index (χ1v) is 7.16. The van der Waals surface area contributed by atoms with Crippen LogP contribution in [0.2, 0.25) is 0 Å². The second kappa shape index (κ2) is 10.6. The van der Waals surface area contributed by atoms with Gasteiger partial charge in [0.15, 0.2) is 0 Å². The van der Waals surface area contributed by atoms with Crippen LogP contribution in [0.1, 0.15) is 32.0 Å². The van der Waals surface area contributed by atoms with Crippen LogP contribution in [0.3, 0.4) is 0 Å². The Bertz CT molecular complexity index is 343. The van der Waals surface area contributed by atoms with E-state index in [1.807, 2.05) is 12.1 Å². The molecule has 0 radical (unpaired) electrons. The van der Waals surface area contributed by atoms with Gasteiger partial charge in [-0.05, 0) is 32.0 Å². The summed E-state index contributed by atoms with van der Waals surface area (Å²) in [6.45, 7) is 7.55. The van der Waals surface area contributed by atoms with Gasteiger partial charge in [0.05, 0.1) is 31.7 Å². The maximum Gasteiger partial charge on any atom is 0.137 e. The molecular formula is C15H26N2O3. The molecule has 1 unspecified atom stereocenters. The monoisotopic (exact) mass is 282 g/mol. The molecule has 0 aromatic carbocycles. The lowest BCUT2D eigenvalue weighted by atomic mass is 10.2. The molecule has 0 saturated carbocycles. The zero-order chi connectivity index (χ0) is 14.6. The fraction of sp³-hybridized carbons (Fsp3) is 0.667. The Labute approximate surface area is 121 Å². The van der Waals surface area contributed by atoms with E-state index in [1.54, 1.807) is 13.3 Å². The van der Waals surface area contributed by atoms with Gasteiger partial charge in [-0.2, -0.15) is 0 Å². The minimum atomic E-state index is 0.265. The number of nitrogens with zero attached hydrogens (tertiary/aromatic N) is 1. The summed E-state index contributed by atoms with van der Waals surface area (Å²) in [5.41, 5.74) is 1.03. The largest absolute Gasteiger partial charge is 0.490 e. The zero-order valence-electron chi connectivity index (χ0n) is 12.7. The molecule has 1 atom stereocenters. The van der Waals surface area contributed by atoms with Gasteiger partial charge >= 0.3 is 0 Å². The van der Waals surface area contributed by atoms with Gasteiger partial charge < -0.3 is 19.5 Å². The number of ether oxygens (including phenoxy) is 3. The summed E-state index contributed by atoms with van der Waals surface area (Å²) in [6, 6.07) is 4.21. The fourth-order valence-electron chi connectivity index (χ4n) is 1.66. The van der Waals surface area contributed by atoms with Crippen LogP contribution in [0.4, 0.5) is 0 Å². The molecule has 5 nitrogen and oxygen atoms in total. The number of rotatable bonds is 11. The predicted octanol–water partition coefficient (Wildman–Crippen LogP) is 2.18. The van der Waals surface area contributed by atoms with E-state index < -0.39 is 0 Å². The molecule has 0 amide bonds. The first kappa shape index (κ1) is 16.9. The van der Waals surface area contributed by atoms with Crippen molar-refractivity contribution in [1.82, 2.24) is 10.3 Å². The molecule has 20 heavy (non-hydrogen) atoms. The van der Waals surface area contributed by atoms with Crippen LogP contribution >= 0.6 is 0 Å². The zero-order valence-corrected chi connectivity index (χ0v) is 12.7. The van der Waals surface area contributed by atoms with E-state index in [4.69, 9.17) is 14.2 Å². The van der Waals surface area contributed by atoms with Crippen molar-refractivity contribution < 1.29 is 14.2 Å². The van der Waals surface area contributed by atoms with Gasteiger partial charge in [-0.25, -0.2) is 0 Å². The molecule has 1 aromatic heterocycles. The average Bonchev–Trinajstić information content (AvgIpc) is 2.49. The van der Waals surface area contributed by atoms with E-state index in [0.717, 1.165) is 24.4 Å². The third-order valence-corrected chi connectivity index (χ3v) is 2.83. The molecule has 1 aromatic rings. The van der Waals surface area contributed by atoms with E-state index >= 15 is 0 Å². The molecule has 0 saturated heterocycles. The molecule has 0 aliphatic rings. The van der Waals surface area contributed by atoms with Crippen molar-refractivity contribution in [2.45, 2.75) is 26.3 Å². The van der Waals surface area contributed by atoms with Gasteiger partial charge in [0.2, 0.25) is 0 Å². The summed E-state index contributed by atoms with van der Waals surface area (Å²) in [6.07, 6.45) is 2.88. The van der Waals surface area contributed by atoms with Gasteiger partial charge in [0.25, 0.3) is 0 Å². The van der Waals surface area contributed by atoms with Crippen molar-refractivity contribution in [3.05, 3.63) is 24.0 Å². The molecule has 0 bridgehead atoms. The Kier molecular flexibility index (Phi) is 8.95. The molecule has 0 aliphatic carbocycles. The lowest BCUT2D eigenvalue weighted by molar-refractivity contribution is 0.0543. The highest BCUT2D eigenvalue weighted by atomic mass is 16.5. The highest BCUT2D eigenvalue weighted by Gasteiger charge is 2.05. The van der Waals surface area contributed by atoms with Gasteiger partial charge in [0.1, 0.15) is 12.4 Å². The summed E-state index contributed by atoms with van der Waals surface area (Å²) >= 11 is 0. The van der Waals surface area contributed by atoms with Crippen molar-refractivity contribution in [1.29, 1.82) is 0 Å². The second-order valence-corrected chi connectivity index (χ2v) is 4.55.